The van der Waals surface area contributed by atoms with Gasteiger partial charge < -0.3 is 9.97 Å². The van der Waals surface area contributed by atoms with Gasteiger partial charge in [0.15, 0.2) is 11.6 Å². The highest BCUT2D eigenvalue weighted by molar-refractivity contribution is 5.41. The van der Waals surface area contributed by atoms with Crippen LogP contribution in [0.1, 0.15) is 0 Å². The van der Waals surface area contributed by atoms with Gasteiger partial charge in [-0.15, -0.1) is 0 Å². The van der Waals surface area contributed by atoms with Crippen molar-refractivity contribution in [3.63, 3.8) is 0 Å². The molecule has 0 aliphatic heterocycles. The number of hydrogen-bond donors (Lipinski definition) is 2. The number of nitrogens with one attached hydrogen (secondary N) is 2. The molecule has 0 radical (unpaired) electrons. The number of hydrogen-bond acceptors (Lipinski definition) is 2. The molecule has 0 aliphatic carbocycles. The van der Waals surface area contributed by atoms with Gasteiger partial charge in [-0.3, -0.25) is 0 Å². The normalized spacial score (nSPS) is 10.0. The molecule has 4 heteroatoms. The van der Waals surface area contributed by atoms with Gasteiger partial charge in [-0.1, -0.05) is 0 Å². The van der Waals surface area contributed by atoms with Crippen LogP contribution in [-0.4, -0.2) is 19.9 Å². The van der Waals surface area contributed by atoms with E-state index in [0.717, 1.165) is 11.6 Å². The molecule has 2 rings (SSSR count). The maximum atomic E-state index is 4.01. The second-order valence-corrected chi connectivity index (χ2v) is 1.88. The first-order valence-electron chi connectivity index (χ1n) is 2.96. The second kappa shape index (κ2) is 1.98. The van der Waals surface area contributed by atoms with Crippen LogP contribution in [0.25, 0.3) is 11.6 Å². The van der Waals surface area contributed by atoms with Crippen LogP contribution in [0.2, 0.25) is 0 Å². The summed E-state index contributed by atoms with van der Waals surface area (Å²) in [7, 11) is 0. The van der Waals surface area contributed by atoms with Crippen molar-refractivity contribution in [2.75, 3.05) is 0 Å². The van der Waals surface area contributed by atoms with E-state index in [2.05, 4.69) is 19.9 Å². The number of aromatic amines is 2. The van der Waals surface area contributed by atoms with Gasteiger partial charge in [0, 0.05) is 24.8 Å². The van der Waals surface area contributed by atoms with Gasteiger partial charge in [-0.2, -0.15) is 0 Å². The highest BCUT2D eigenvalue weighted by atomic mass is 15.0. The van der Waals surface area contributed by atoms with Crippen LogP contribution in [0, 0.1) is 0 Å². The summed E-state index contributed by atoms with van der Waals surface area (Å²) in [5, 5.41) is 0. The van der Waals surface area contributed by atoms with E-state index in [1.165, 1.54) is 0 Å². The maximum absolute atomic E-state index is 4.01. The van der Waals surface area contributed by atoms with E-state index >= 15 is 0 Å². The summed E-state index contributed by atoms with van der Waals surface area (Å²) in [4.78, 5) is 13.9. The Morgan fingerprint density at radius 1 is 0.900 bits per heavy atom. The zero-order valence-electron chi connectivity index (χ0n) is 5.20. The van der Waals surface area contributed by atoms with Crippen LogP contribution >= 0.6 is 0 Å². The molecule has 4 nitrogen and oxygen atoms in total. The van der Waals surface area contributed by atoms with Crippen LogP contribution < -0.4 is 0 Å². The van der Waals surface area contributed by atoms with Gasteiger partial charge in [-0.25, -0.2) is 9.97 Å². The molecule has 50 valence electrons. The molecule has 10 heavy (non-hydrogen) atoms. The first-order chi connectivity index (χ1) is 4.97. The Balaban J connectivity index is 2.48. The van der Waals surface area contributed by atoms with Gasteiger partial charge >= 0.3 is 0 Å². The number of aromatic nitrogens is 4. The fourth-order valence-corrected chi connectivity index (χ4v) is 0.790. The first kappa shape index (κ1) is 5.22. The smallest absolute Gasteiger partial charge is 0.173 e. The lowest BCUT2D eigenvalue weighted by Crippen LogP contribution is -1.80. The Hall–Kier alpha value is -1.58. The highest BCUT2D eigenvalue weighted by Crippen LogP contribution is 2.04. The minimum Gasteiger partial charge on any atom is -0.342 e. The molecule has 2 N–H and O–H groups in total. The highest BCUT2D eigenvalue weighted by Gasteiger charge is 1.98. The Bertz CT molecular complexity index is 249. The molecule has 2 aromatic rings. The first-order valence-corrected chi connectivity index (χ1v) is 2.96. The second-order valence-electron chi connectivity index (χ2n) is 1.88. The fourth-order valence-electron chi connectivity index (χ4n) is 0.790. The third-order valence-electron chi connectivity index (χ3n) is 1.22. The molecule has 0 atom stereocenters. The Labute approximate surface area is 57.3 Å². The Kier molecular flexibility index (Phi) is 1.04. The van der Waals surface area contributed by atoms with E-state index in [1.54, 1.807) is 24.8 Å². The lowest BCUT2D eigenvalue weighted by atomic mass is 10.6. The van der Waals surface area contributed by atoms with Crippen molar-refractivity contribution < 1.29 is 0 Å². The fraction of sp³-hybridized carbons (Fsp3) is 0. The van der Waals surface area contributed by atoms with E-state index in [0.29, 0.717) is 0 Å². The lowest BCUT2D eigenvalue weighted by Gasteiger charge is -1.85. The number of H-pyrrole nitrogens is 2. The maximum Gasteiger partial charge on any atom is 0.173 e. The average molecular weight is 134 g/mol. The zero-order valence-corrected chi connectivity index (χ0v) is 5.20. The van der Waals surface area contributed by atoms with Gasteiger partial charge in [0.25, 0.3) is 0 Å². The molecule has 0 saturated carbocycles. The third-order valence-corrected chi connectivity index (χ3v) is 1.22. The van der Waals surface area contributed by atoms with Crippen molar-refractivity contribution in [1.29, 1.82) is 0 Å². The molecule has 0 fully saturated rings. The van der Waals surface area contributed by atoms with E-state index in [-0.39, 0.29) is 0 Å². The largest absolute Gasteiger partial charge is 0.342 e. The molecule has 0 saturated heterocycles. The standard InChI is InChI=1S/C6H6N4/c1-2-8-5(7-1)6-9-3-4-10-6/h1-4H,(H,7,8)(H,9,10). The lowest BCUT2D eigenvalue weighted by molar-refractivity contribution is 1.20. The molecule has 0 spiro atoms. The van der Waals surface area contributed by atoms with Crippen LogP contribution in [0.5, 0.6) is 0 Å². The van der Waals surface area contributed by atoms with Gasteiger partial charge in [0.1, 0.15) is 0 Å². The van der Waals surface area contributed by atoms with Crippen molar-refractivity contribution in [1.82, 2.24) is 19.9 Å². The van der Waals surface area contributed by atoms with Gasteiger partial charge in [-0.05, 0) is 0 Å². The summed E-state index contributed by atoms with van der Waals surface area (Å²) in [6.45, 7) is 0. The van der Waals surface area contributed by atoms with Gasteiger partial charge in [0.2, 0.25) is 0 Å². The summed E-state index contributed by atoms with van der Waals surface area (Å²) in [6, 6.07) is 0. The average Bonchev–Trinajstić information content (AvgIpc) is 2.59. The monoisotopic (exact) mass is 134 g/mol. The molecular weight excluding hydrogens is 128 g/mol. The molecular formula is C6H6N4. The summed E-state index contributed by atoms with van der Waals surface area (Å²) in [6.07, 6.45) is 6.91. The van der Waals surface area contributed by atoms with Crippen molar-refractivity contribution in [3.05, 3.63) is 24.8 Å². The van der Waals surface area contributed by atoms with E-state index in [4.69, 9.17) is 0 Å². The molecule has 0 aromatic carbocycles. The molecule has 0 unspecified atom stereocenters. The van der Waals surface area contributed by atoms with Crippen LogP contribution in [-0.2, 0) is 0 Å². The molecule has 0 bridgehead atoms. The SMILES string of the molecule is c1c[nH]c(-c2ncc[nH]2)n1. The van der Waals surface area contributed by atoms with Crippen molar-refractivity contribution >= 4 is 0 Å². The van der Waals surface area contributed by atoms with E-state index in [9.17, 15) is 0 Å². The van der Waals surface area contributed by atoms with Crippen molar-refractivity contribution in [2.24, 2.45) is 0 Å². The third kappa shape index (κ3) is 0.699. The summed E-state index contributed by atoms with van der Waals surface area (Å²) < 4.78 is 0. The Morgan fingerprint density at radius 2 is 1.40 bits per heavy atom. The molecule has 0 aliphatic rings. The quantitative estimate of drug-likeness (QED) is 0.606. The molecule has 0 amide bonds. The summed E-state index contributed by atoms with van der Waals surface area (Å²) in [5.74, 6) is 1.54. The van der Waals surface area contributed by atoms with Crippen molar-refractivity contribution in [2.45, 2.75) is 0 Å². The summed E-state index contributed by atoms with van der Waals surface area (Å²) in [5.41, 5.74) is 0. The van der Waals surface area contributed by atoms with Gasteiger partial charge in [0.05, 0.1) is 0 Å². The van der Waals surface area contributed by atoms with Crippen molar-refractivity contribution in [3.8, 4) is 11.6 Å². The molecule has 2 aromatic heterocycles. The number of imidazole rings is 2. The predicted octanol–water partition coefficient (Wildman–Crippen LogP) is 0.800. The summed E-state index contributed by atoms with van der Waals surface area (Å²) >= 11 is 0. The topological polar surface area (TPSA) is 57.4 Å². The minimum atomic E-state index is 0.769. The molecule has 2 heterocycles. The zero-order chi connectivity index (χ0) is 6.81. The number of rotatable bonds is 1. The Morgan fingerprint density at radius 3 is 1.70 bits per heavy atom. The minimum absolute atomic E-state index is 0.769. The van der Waals surface area contributed by atoms with Crippen LogP contribution in [0.15, 0.2) is 24.8 Å². The van der Waals surface area contributed by atoms with Crippen LogP contribution in [0.4, 0.5) is 0 Å². The van der Waals surface area contributed by atoms with E-state index in [1.807, 2.05) is 0 Å². The number of nitrogens with zero attached hydrogens (tertiary/aromatic N) is 2. The predicted molar refractivity (Wildman–Crippen MR) is 36.2 cm³/mol. The van der Waals surface area contributed by atoms with E-state index < -0.39 is 0 Å². The van der Waals surface area contributed by atoms with Crippen LogP contribution in [0.3, 0.4) is 0 Å².